The molecule has 1 aliphatic carbocycles. The average Bonchev–Trinajstić information content (AvgIpc) is 3.08. The van der Waals surface area contributed by atoms with Crippen molar-refractivity contribution in [2.24, 2.45) is 5.92 Å². The highest BCUT2D eigenvalue weighted by Gasteiger charge is 2.26. The summed E-state index contributed by atoms with van der Waals surface area (Å²) < 4.78 is 6.94. The van der Waals surface area contributed by atoms with Gasteiger partial charge < -0.3 is 4.74 Å². The number of rotatable bonds is 5. The maximum absolute atomic E-state index is 9.55. The number of ether oxygens (including phenoxy) is 1. The van der Waals surface area contributed by atoms with E-state index in [2.05, 4.69) is 21.3 Å². The molecule has 0 aromatic carbocycles. The standard InChI is InChI=1S/C16H19N5OS/c1-22-15-8-7-13(10-18-15)21-11-19-20-16(21)23-14(9-17)12-5-3-2-4-6-12/h7-8,10-12,14H,2-6H2,1H3/t14-/m1/s1. The van der Waals surface area contributed by atoms with Gasteiger partial charge in [0.15, 0.2) is 5.16 Å². The number of hydrogen-bond donors (Lipinski definition) is 0. The van der Waals surface area contributed by atoms with Crippen LogP contribution in [0.2, 0.25) is 0 Å². The van der Waals surface area contributed by atoms with Crippen LogP contribution in [-0.4, -0.2) is 32.1 Å². The summed E-state index contributed by atoms with van der Waals surface area (Å²) in [5.74, 6) is 1.01. The fourth-order valence-electron chi connectivity index (χ4n) is 2.90. The molecule has 0 N–H and O–H groups in total. The molecule has 0 saturated heterocycles. The highest BCUT2D eigenvalue weighted by atomic mass is 32.2. The number of methoxy groups -OCH3 is 1. The topological polar surface area (TPSA) is 76.6 Å². The second-order valence-electron chi connectivity index (χ2n) is 5.61. The van der Waals surface area contributed by atoms with Crippen LogP contribution in [0.5, 0.6) is 5.88 Å². The molecule has 0 amide bonds. The summed E-state index contributed by atoms with van der Waals surface area (Å²) in [6.45, 7) is 0. The van der Waals surface area contributed by atoms with E-state index in [1.54, 1.807) is 25.7 Å². The molecule has 0 bridgehead atoms. The van der Waals surface area contributed by atoms with Crippen molar-refractivity contribution in [3.63, 3.8) is 0 Å². The molecule has 23 heavy (non-hydrogen) atoms. The first-order valence-electron chi connectivity index (χ1n) is 7.78. The number of hydrogen-bond acceptors (Lipinski definition) is 6. The monoisotopic (exact) mass is 329 g/mol. The first kappa shape index (κ1) is 15.8. The van der Waals surface area contributed by atoms with Crippen molar-refractivity contribution in [1.29, 1.82) is 5.26 Å². The molecule has 7 heteroatoms. The van der Waals surface area contributed by atoms with Crippen LogP contribution >= 0.6 is 11.8 Å². The Hall–Kier alpha value is -2.07. The van der Waals surface area contributed by atoms with Gasteiger partial charge in [-0.15, -0.1) is 10.2 Å². The Morgan fingerprint density at radius 2 is 2.17 bits per heavy atom. The van der Waals surface area contributed by atoms with Crippen LogP contribution in [0.1, 0.15) is 32.1 Å². The lowest BCUT2D eigenvalue weighted by molar-refractivity contribution is 0.370. The molecule has 120 valence electrons. The van der Waals surface area contributed by atoms with Gasteiger partial charge in [0.25, 0.3) is 0 Å². The molecule has 1 saturated carbocycles. The van der Waals surface area contributed by atoms with Crippen molar-refractivity contribution in [2.45, 2.75) is 42.5 Å². The smallest absolute Gasteiger partial charge is 0.213 e. The second kappa shape index (κ2) is 7.47. The quantitative estimate of drug-likeness (QED) is 0.784. The van der Waals surface area contributed by atoms with Gasteiger partial charge in [0.1, 0.15) is 11.6 Å². The second-order valence-corrected chi connectivity index (χ2v) is 6.72. The van der Waals surface area contributed by atoms with E-state index < -0.39 is 0 Å². The number of nitrogens with zero attached hydrogens (tertiary/aromatic N) is 5. The first-order chi connectivity index (χ1) is 11.3. The van der Waals surface area contributed by atoms with E-state index in [1.165, 1.54) is 31.0 Å². The van der Waals surface area contributed by atoms with Crippen LogP contribution < -0.4 is 4.74 Å². The van der Waals surface area contributed by atoms with Crippen LogP contribution in [0.3, 0.4) is 0 Å². The minimum Gasteiger partial charge on any atom is -0.481 e. The predicted octanol–water partition coefficient (Wildman–Crippen LogP) is 3.24. The van der Waals surface area contributed by atoms with Crippen LogP contribution in [0, 0.1) is 17.2 Å². The summed E-state index contributed by atoms with van der Waals surface area (Å²) in [5, 5.41) is 18.4. The zero-order valence-corrected chi connectivity index (χ0v) is 13.9. The molecule has 0 aliphatic heterocycles. The molecule has 2 aromatic rings. The molecule has 1 atom stereocenters. The fraction of sp³-hybridized carbons (Fsp3) is 0.500. The fourth-order valence-corrected chi connectivity index (χ4v) is 4.00. The third kappa shape index (κ3) is 3.64. The van der Waals surface area contributed by atoms with Crippen molar-refractivity contribution >= 4 is 11.8 Å². The zero-order chi connectivity index (χ0) is 16.1. The zero-order valence-electron chi connectivity index (χ0n) is 13.1. The molecule has 2 heterocycles. The molecule has 3 rings (SSSR count). The van der Waals surface area contributed by atoms with E-state index in [9.17, 15) is 5.26 Å². The predicted molar refractivity (Wildman–Crippen MR) is 87.5 cm³/mol. The van der Waals surface area contributed by atoms with Crippen LogP contribution in [0.4, 0.5) is 0 Å². The van der Waals surface area contributed by atoms with Gasteiger partial charge in [0.05, 0.1) is 25.1 Å². The minimum absolute atomic E-state index is 0.0792. The average molecular weight is 329 g/mol. The Labute approximate surface area is 139 Å². The van der Waals surface area contributed by atoms with Gasteiger partial charge in [-0.05, 0) is 24.8 Å². The Balaban J connectivity index is 1.78. The molecule has 0 radical (unpaired) electrons. The first-order valence-corrected chi connectivity index (χ1v) is 8.66. The highest BCUT2D eigenvalue weighted by molar-refractivity contribution is 8.00. The molecule has 6 nitrogen and oxygen atoms in total. The molecular formula is C16H19N5OS. The normalized spacial score (nSPS) is 16.7. The van der Waals surface area contributed by atoms with Crippen molar-refractivity contribution in [3.05, 3.63) is 24.7 Å². The number of nitriles is 1. The Morgan fingerprint density at radius 3 is 2.83 bits per heavy atom. The number of thioether (sulfide) groups is 1. The van der Waals surface area contributed by atoms with E-state index in [0.29, 0.717) is 11.8 Å². The maximum atomic E-state index is 9.55. The summed E-state index contributed by atoms with van der Waals surface area (Å²) in [6, 6.07) is 6.16. The van der Waals surface area contributed by atoms with Gasteiger partial charge in [-0.2, -0.15) is 5.26 Å². The van der Waals surface area contributed by atoms with Crippen molar-refractivity contribution < 1.29 is 4.74 Å². The summed E-state index contributed by atoms with van der Waals surface area (Å²) in [4.78, 5) is 4.21. The third-order valence-corrected chi connectivity index (χ3v) is 5.40. The summed E-state index contributed by atoms with van der Waals surface area (Å²) in [6.07, 6.45) is 9.35. The Morgan fingerprint density at radius 1 is 1.35 bits per heavy atom. The third-order valence-electron chi connectivity index (χ3n) is 4.16. The van der Waals surface area contributed by atoms with E-state index in [0.717, 1.165) is 23.7 Å². The van der Waals surface area contributed by atoms with Gasteiger partial charge in [0.2, 0.25) is 5.88 Å². The largest absolute Gasteiger partial charge is 0.481 e. The van der Waals surface area contributed by atoms with Crippen molar-refractivity contribution in [2.75, 3.05) is 7.11 Å². The van der Waals surface area contributed by atoms with Crippen LogP contribution in [0.25, 0.3) is 5.69 Å². The lowest BCUT2D eigenvalue weighted by Crippen LogP contribution is -2.19. The summed E-state index contributed by atoms with van der Waals surface area (Å²) in [5.41, 5.74) is 0.860. The molecule has 0 unspecified atom stereocenters. The van der Waals surface area contributed by atoms with Crippen LogP contribution in [0.15, 0.2) is 29.8 Å². The van der Waals surface area contributed by atoms with Gasteiger partial charge >= 0.3 is 0 Å². The van der Waals surface area contributed by atoms with Crippen LogP contribution in [-0.2, 0) is 0 Å². The molecule has 1 fully saturated rings. The Kier molecular flexibility index (Phi) is 5.13. The van der Waals surface area contributed by atoms with E-state index in [4.69, 9.17) is 4.74 Å². The lowest BCUT2D eigenvalue weighted by Gasteiger charge is -2.24. The van der Waals surface area contributed by atoms with E-state index in [1.807, 2.05) is 10.6 Å². The maximum Gasteiger partial charge on any atom is 0.213 e. The Bertz CT molecular complexity index is 673. The van der Waals surface area contributed by atoms with Gasteiger partial charge in [-0.25, -0.2) is 4.98 Å². The van der Waals surface area contributed by atoms with Crippen molar-refractivity contribution in [3.8, 4) is 17.6 Å². The summed E-state index contributed by atoms with van der Waals surface area (Å²) >= 11 is 1.50. The SMILES string of the molecule is COc1ccc(-n2cnnc2S[C@H](C#N)C2CCCCC2)cn1. The molecule has 0 spiro atoms. The van der Waals surface area contributed by atoms with E-state index >= 15 is 0 Å². The van der Waals surface area contributed by atoms with Gasteiger partial charge in [0, 0.05) is 6.07 Å². The highest BCUT2D eigenvalue weighted by Crippen LogP contribution is 2.35. The molecular weight excluding hydrogens is 310 g/mol. The molecule has 1 aliphatic rings. The van der Waals surface area contributed by atoms with Gasteiger partial charge in [-0.1, -0.05) is 31.0 Å². The summed E-state index contributed by atoms with van der Waals surface area (Å²) in [7, 11) is 1.59. The van der Waals surface area contributed by atoms with Crippen molar-refractivity contribution in [1.82, 2.24) is 19.7 Å². The lowest BCUT2D eigenvalue weighted by atomic mass is 9.87. The van der Waals surface area contributed by atoms with E-state index in [-0.39, 0.29) is 5.25 Å². The molecule has 2 aromatic heterocycles. The minimum atomic E-state index is -0.0792. The number of pyridine rings is 1. The number of aromatic nitrogens is 4. The van der Waals surface area contributed by atoms with Gasteiger partial charge in [-0.3, -0.25) is 4.57 Å².